The fourth-order valence-corrected chi connectivity index (χ4v) is 2.82. The van der Waals surface area contributed by atoms with Crippen molar-refractivity contribution in [2.45, 2.75) is 12.8 Å². The molecule has 2 aromatic rings. The number of thiazole rings is 1. The molecule has 0 saturated carbocycles. The fourth-order valence-electron chi connectivity index (χ4n) is 2.29. The minimum absolute atomic E-state index is 0.0406. The lowest BCUT2D eigenvalue weighted by molar-refractivity contribution is -0.120. The number of nitrogens with zero attached hydrogens (tertiary/aromatic N) is 4. The van der Waals surface area contributed by atoms with E-state index in [1.807, 2.05) is 5.38 Å². The van der Waals surface area contributed by atoms with E-state index in [-0.39, 0.29) is 11.8 Å². The Hall–Kier alpha value is -2.02. The van der Waals surface area contributed by atoms with Gasteiger partial charge in [0, 0.05) is 43.0 Å². The van der Waals surface area contributed by atoms with Gasteiger partial charge < -0.3 is 10.2 Å². The summed E-state index contributed by atoms with van der Waals surface area (Å²) in [7, 11) is 0. The molecule has 6 nitrogen and oxygen atoms in total. The lowest BCUT2D eigenvalue weighted by Gasteiger charge is -2.30. The average Bonchev–Trinajstić information content (AvgIpc) is 3.01. The molecule has 0 unspecified atom stereocenters. The monoisotopic (exact) mass is 289 g/mol. The average molecular weight is 289 g/mol. The second kappa shape index (κ2) is 5.96. The highest BCUT2D eigenvalue weighted by molar-refractivity contribution is 7.13. The van der Waals surface area contributed by atoms with E-state index in [9.17, 15) is 4.79 Å². The Bertz CT molecular complexity index is 551. The molecule has 0 aliphatic carbocycles. The normalized spacial score (nSPS) is 16.1. The number of carbonyl (C=O) groups excluding carboxylic acids is 1. The molecule has 1 aliphatic heterocycles. The van der Waals surface area contributed by atoms with Gasteiger partial charge in [0.15, 0.2) is 5.13 Å². The highest BCUT2D eigenvalue weighted by Crippen LogP contribution is 2.22. The lowest BCUT2D eigenvalue weighted by Crippen LogP contribution is -2.38. The first kappa shape index (κ1) is 13.0. The van der Waals surface area contributed by atoms with Crippen molar-refractivity contribution in [1.82, 2.24) is 15.0 Å². The van der Waals surface area contributed by atoms with Gasteiger partial charge in [0.25, 0.3) is 0 Å². The van der Waals surface area contributed by atoms with Gasteiger partial charge >= 0.3 is 0 Å². The molecule has 0 radical (unpaired) electrons. The predicted molar refractivity (Wildman–Crippen MR) is 77.7 cm³/mol. The summed E-state index contributed by atoms with van der Waals surface area (Å²) < 4.78 is 0. The van der Waals surface area contributed by atoms with E-state index in [4.69, 9.17) is 0 Å². The van der Waals surface area contributed by atoms with Crippen LogP contribution in [0.1, 0.15) is 12.8 Å². The van der Waals surface area contributed by atoms with Crippen LogP contribution in [0.25, 0.3) is 0 Å². The first-order chi connectivity index (χ1) is 9.83. The maximum Gasteiger partial charge on any atom is 0.229 e. The Labute approximate surface area is 120 Å². The van der Waals surface area contributed by atoms with Crippen molar-refractivity contribution in [1.29, 1.82) is 0 Å². The molecule has 0 aromatic carbocycles. The Morgan fingerprint density at radius 1 is 1.20 bits per heavy atom. The SMILES string of the molecule is O=C(Nc1nccs1)C1CCN(c2ncccn2)CC1. The van der Waals surface area contributed by atoms with Crippen LogP contribution in [-0.4, -0.2) is 33.9 Å². The molecule has 1 amide bonds. The number of hydrogen-bond acceptors (Lipinski definition) is 6. The van der Waals surface area contributed by atoms with Crippen molar-refractivity contribution < 1.29 is 4.79 Å². The van der Waals surface area contributed by atoms with Crippen molar-refractivity contribution in [2.24, 2.45) is 5.92 Å². The summed E-state index contributed by atoms with van der Waals surface area (Å²) >= 11 is 1.44. The van der Waals surface area contributed by atoms with Crippen LogP contribution in [0.2, 0.25) is 0 Å². The Morgan fingerprint density at radius 2 is 1.95 bits per heavy atom. The Morgan fingerprint density at radius 3 is 2.60 bits per heavy atom. The number of carbonyl (C=O) groups is 1. The molecule has 0 spiro atoms. The summed E-state index contributed by atoms with van der Waals surface area (Å²) in [4.78, 5) is 26.8. The second-order valence-corrected chi connectivity index (χ2v) is 5.53. The standard InChI is InChI=1S/C13H15N5OS/c19-11(17-13-16-6-9-20-13)10-2-7-18(8-3-10)12-14-4-1-5-15-12/h1,4-6,9-10H,2-3,7-8H2,(H,16,17,19). The van der Waals surface area contributed by atoms with Crippen LogP contribution >= 0.6 is 11.3 Å². The summed E-state index contributed by atoms with van der Waals surface area (Å²) in [6.45, 7) is 1.61. The van der Waals surface area contributed by atoms with Gasteiger partial charge in [-0.05, 0) is 18.9 Å². The molecule has 2 aromatic heterocycles. The third kappa shape index (κ3) is 2.93. The first-order valence-electron chi connectivity index (χ1n) is 6.55. The smallest absolute Gasteiger partial charge is 0.229 e. The zero-order valence-electron chi connectivity index (χ0n) is 10.9. The third-order valence-electron chi connectivity index (χ3n) is 3.36. The summed E-state index contributed by atoms with van der Waals surface area (Å²) in [5, 5.41) is 5.39. The number of rotatable bonds is 3. The topological polar surface area (TPSA) is 71.0 Å². The van der Waals surface area contributed by atoms with Crippen LogP contribution in [0.5, 0.6) is 0 Å². The van der Waals surface area contributed by atoms with E-state index >= 15 is 0 Å². The van der Waals surface area contributed by atoms with Crippen molar-refractivity contribution in [3.05, 3.63) is 30.0 Å². The number of aromatic nitrogens is 3. The molecule has 0 bridgehead atoms. The van der Waals surface area contributed by atoms with Crippen LogP contribution in [0.4, 0.5) is 11.1 Å². The Balaban J connectivity index is 1.54. The number of anilines is 2. The molecule has 1 fully saturated rings. The van der Waals surface area contributed by atoms with E-state index in [1.54, 1.807) is 24.7 Å². The summed E-state index contributed by atoms with van der Waals surface area (Å²) in [6.07, 6.45) is 6.80. The third-order valence-corrected chi connectivity index (χ3v) is 4.05. The highest BCUT2D eigenvalue weighted by atomic mass is 32.1. The van der Waals surface area contributed by atoms with E-state index < -0.39 is 0 Å². The van der Waals surface area contributed by atoms with Gasteiger partial charge in [-0.1, -0.05) is 0 Å². The van der Waals surface area contributed by atoms with Crippen LogP contribution in [0.15, 0.2) is 30.0 Å². The number of amides is 1. The van der Waals surface area contributed by atoms with Crippen molar-refractivity contribution in [3.63, 3.8) is 0 Å². The maximum absolute atomic E-state index is 12.1. The van der Waals surface area contributed by atoms with Crippen LogP contribution in [0.3, 0.4) is 0 Å². The van der Waals surface area contributed by atoms with Gasteiger partial charge in [0.05, 0.1) is 0 Å². The van der Waals surface area contributed by atoms with Crippen molar-refractivity contribution in [3.8, 4) is 0 Å². The van der Waals surface area contributed by atoms with Gasteiger partial charge in [0.2, 0.25) is 11.9 Å². The van der Waals surface area contributed by atoms with E-state index in [0.29, 0.717) is 5.13 Å². The molecular weight excluding hydrogens is 274 g/mol. The van der Waals surface area contributed by atoms with Crippen molar-refractivity contribution in [2.75, 3.05) is 23.3 Å². The van der Waals surface area contributed by atoms with Gasteiger partial charge in [0.1, 0.15) is 0 Å². The molecule has 3 rings (SSSR count). The molecule has 1 aliphatic rings. The molecule has 1 saturated heterocycles. The number of piperidine rings is 1. The second-order valence-electron chi connectivity index (χ2n) is 4.64. The largest absolute Gasteiger partial charge is 0.341 e. The molecule has 20 heavy (non-hydrogen) atoms. The maximum atomic E-state index is 12.1. The fraction of sp³-hybridized carbons (Fsp3) is 0.385. The van der Waals surface area contributed by atoms with Gasteiger partial charge in [-0.2, -0.15) is 0 Å². The predicted octanol–water partition coefficient (Wildman–Crippen LogP) is 1.79. The minimum Gasteiger partial charge on any atom is -0.341 e. The molecule has 0 atom stereocenters. The van der Waals surface area contributed by atoms with Crippen LogP contribution in [0, 0.1) is 5.92 Å². The van der Waals surface area contributed by atoms with Gasteiger partial charge in [-0.3, -0.25) is 4.79 Å². The number of nitrogens with one attached hydrogen (secondary N) is 1. The quantitative estimate of drug-likeness (QED) is 0.932. The van der Waals surface area contributed by atoms with Crippen LogP contribution in [-0.2, 0) is 4.79 Å². The zero-order chi connectivity index (χ0) is 13.8. The van der Waals surface area contributed by atoms with E-state index in [2.05, 4.69) is 25.2 Å². The summed E-state index contributed by atoms with van der Waals surface area (Å²) in [5.41, 5.74) is 0. The molecule has 1 N–H and O–H groups in total. The van der Waals surface area contributed by atoms with E-state index in [0.717, 1.165) is 31.9 Å². The molecule has 3 heterocycles. The molecule has 7 heteroatoms. The molecular formula is C13H15N5OS. The Kier molecular flexibility index (Phi) is 3.87. The minimum atomic E-state index is 0.0406. The first-order valence-corrected chi connectivity index (χ1v) is 7.43. The van der Waals surface area contributed by atoms with Gasteiger partial charge in [-0.15, -0.1) is 11.3 Å². The number of hydrogen-bond donors (Lipinski definition) is 1. The van der Waals surface area contributed by atoms with Crippen molar-refractivity contribution >= 4 is 28.3 Å². The summed E-state index contributed by atoms with van der Waals surface area (Å²) in [5.74, 6) is 0.846. The highest BCUT2D eigenvalue weighted by Gasteiger charge is 2.26. The zero-order valence-corrected chi connectivity index (χ0v) is 11.7. The summed E-state index contributed by atoms with van der Waals surface area (Å²) in [6, 6.07) is 1.80. The van der Waals surface area contributed by atoms with Gasteiger partial charge in [-0.25, -0.2) is 15.0 Å². The molecule has 104 valence electrons. The lowest BCUT2D eigenvalue weighted by atomic mass is 9.96. The van der Waals surface area contributed by atoms with Crippen LogP contribution < -0.4 is 10.2 Å². The van der Waals surface area contributed by atoms with E-state index in [1.165, 1.54) is 11.3 Å².